The average Bonchev–Trinajstić information content (AvgIpc) is 3.01. The van der Waals surface area contributed by atoms with E-state index < -0.39 is 0 Å². The number of rotatable bonds is 4. The number of fused-ring (bicyclic) bond motifs is 1. The van der Waals surface area contributed by atoms with E-state index in [0.717, 1.165) is 17.1 Å². The highest BCUT2D eigenvalue weighted by atomic mass is 35.5. The minimum absolute atomic E-state index is 0.238. The summed E-state index contributed by atoms with van der Waals surface area (Å²) in [5, 5.41) is 7.53. The van der Waals surface area contributed by atoms with E-state index in [1.807, 2.05) is 25.1 Å². The van der Waals surface area contributed by atoms with Crippen molar-refractivity contribution in [2.75, 3.05) is 17.4 Å². The monoisotopic (exact) mass is 388 g/mol. The van der Waals surface area contributed by atoms with Crippen LogP contribution in [-0.4, -0.2) is 16.8 Å². The van der Waals surface area contributed by atoms with Gasteiger partial charge in [-0.05, 0) is 37.3 Å². The molecule has 0 bridgehead atoms. The molecule has 1 aliphatic heterocycles. The highest BCUT2D eigenvalue weighted by Crippen LogP contribution is 2.35. The third-order valence-corrected chi connectivity index (χ3v) is 4.05. The summed E-state index contributed by atoms with van der Waals surface area (Å²) < 4.78 is 10.7. The van der Waals surface area contributed by atoms with Gasteiger partial charge in [-0.1, -0.05) is 23.2 Å². The summed E-state index contributed by atoms with van der Waals surface area (Å²) in [5.41, 5.74) is 1.58. The summed E-state index contributed by atoms with van der Waals surface area (Å²) in [6.45, 7) is 2.06. The minimum atomic E-state index is 0.238. The van der Waals surface area contributed by atoms with E-state index in [2.05, 4.69) is 20.6 Å². The Kier molecular flexibility index (Phi) is 4.44. The molecule has 0 fully saturated rings. The van der Waals surface area contributed by atoms with Crippen molar-refractivity contribution in [3.05, 3.63) is 58.3 Å². The largest absolute Gasteiger partial charge is 0.454 e. The van der Waals surface area contributed by atoms with Gasteiger partial charge in [0, 0.05) is 33.6 Å². The van der Waals surface area contributed by atoms with Gasteiger partial charge in [-0.25, -0.2) is 9.97 Å². The molecule has 1 aromatic heterocycles. The molecule has 0 saturated heterocycles. The Bertz CT molecular complexity index is 961. The molecule has 0 amide bonds. The molecule has 8 heteroatoms. The molecule has 26 heavy (non-hydrogen) atoms. The zero-order valence-electron chi connectivity index (χ0n) is 13.7. The lowest BCUT2D eigenvalue weighted by molar-refractivity contribution is 0.174. The maximum atomic E-state index is 6.04. The zero-order valence-corrected chi connectivity index (χ0v) is 15.2. The summed E-state index contributed by atoms with van der Waals surface area (Å²) in [7, 11) is 0. The standard InChI is InChI=1S/C18H14Cl2N4O2/c1-10-21-17(23-13-2-3-15-16(7-13)26-9-25-15)8-18(22-10)24-14-5-11(19)4-12(20)6-14/h2-8H,9H2,1H3,(H2,21,22,23,24). The van der Waals surface area contributed by atoms with Crippen molar-refractivity contribution in [2.45, 2.75) is 6.92 Å². The SMILES string of the molecule is Cc1nc(Nc2cc(Cl)cc(Cl)c2)cc(Nc2ccc3c(c2)OCO3)n1. The fraction of sp³-hybridized carbons (Fsp3) is 0.111. The molecule has 0 aliphatic carbocycles. The van der Waals surface area contributed by atoms with Crippen molar-refractivity contribution < 1.29 is 9.47 Å². The Morgan fingerprint density at radius 3 is 2.19 bits per heavy atom. The number of aryl methyl sites for hydroxylation is 1. The van der Waals surface area contributed by atoms with Crippen LogP contribution in [0.3, 0.4) is 0 Å². The number of benzene rings is 2. The van der Waals surface area contributed by atoms with Crippen molar-refractivity contribution in [2.24, 2.45) is 0 Å². The van der Waals surface area contributed by atoms with Gasteiger partial charge in [0.25, 0.3) is 0 Å². The molecular formula is C18H14Cl2N4O2. The Balaban J connectivity index is 1.58. The molecule has 0 saturated carbocycles. The molecule has 2 aromatic carbocycles. The molecule has 3 aromatic rings. The minimum Gasteiger partial charge on any atom is -0.454 e. The van der Waals surface area contributed by atoms with Gasteiger partial charge in [0.15, 0.2) is 11.5 Å². The van der Waals surface area contributed by atoms with Crippen molar-refractivity contribution in [3.8, 4) is 11.5 Å². The molecule has 0 atom stereocenters. The van der Waals surface area contributed by atoms with Gasteiger partial charge < -0.3 is 20.1 Å². The summed E-state index contributed by atoms with van der Waals surface area (Å²) in [4.78, 5) is 8.81. The third kappa shape index (κ3) is 3.76. The highest BCUT2D eigenvalue weighted by molar-refractivity contribution is 6.35. The van der Waals surface area contributed by atoms with Crippen molar-refractivity contribution in [3.63, 3.8) is 0 Å². The number of aromatic nitrogens is 2. The van der Waals surface area contributed by atoms with Crippen LogP contribution in [0.4, 0.5) is 23.0 Å². The number of halogens is 2. The lowest BCUT2D eigenvalue weighted by Gasteiger charge is -2.11. The van der Waals surface area contributed by atoms with Gasteiger partial charge >= 0.3 is 0 Å². The van der Waals surface area contributed by atoms with Crippen LogP contribution >= 0.6 is 23.2 Å². The second kappa shape index (κ2) is 6.90. The van der Waals surface area contributed by atoms with Crippen LogP contribution in [0.15, 0.2) is 42.5 Å². The maximum absolute atomic E-state index is 6.04. The number of hydrogen-bond acceptors (Lipinski definition) is 6. The second-order valence-corrected chi connectivity index (χ2v) is 6.53. The fourth-order valence-corrected chi connectivity index (χ4v) is 3.12. The van der Waals surface area contributed by atoms with E-state index in [9.17, 15) is 0 Å². The van der Waals surface area contributed by atoms with Gasteiger partial charge in [0.2, 0.25) is 6.79 Å². The first-order valence-corrected chi connectivity index (χ1v) is 8.56. The summed E-state index contributed by atoms with van der Waals surface area (Å²) in [6, 6.07) is 12.6. The van der Waals surface area contributed by atoms with E-state index >= 15 is 0 Å². The molecular weight excluding hydrogens is 375 g/mol. The van der Waals surface area contributed by atoms with Gasteiger partial charge in [-0.15, -0.1) is 0 Å². The van der Waals surface area contributed by atoms with Crippen molar-refractivity contribution >= 4 is 46.2 Å². The molecule has 2 heterocycles. The predicted octanol–water partition coefficient (Wildman–Crippen LogP) is 5.31. The van der Waals surface area contributed by atoms with Crippen LogP contribution in [0.2, 0.25) is 10.0 Å². The van der Waals surface area contributed by atoms with E-state index in [-0.39, 0.29) is 6.79 Å². The predicted molar refractivity (Wildman–Crippen MR) is 102 cm³/mol. The van der Waals surface area contributed by atoms with E-state index in [1.54, 1.807) is 24.3 Å². The lowest BCUT2D eigenvalue weighted by atomic mass is 10.2. The van der Waals surface area contributed by atoms with Crippen molar-refractivity contribution in [1.29, 1.82) is 0 Å². The van der Waals surface area contributed by atoms with Gasteiger partial charge in [0.1, 0.15) is 17.5 Å². The number of hydrogen-bond donors (Lipinski definition) is 2. The number of ether oxygens (including phenoxy) is 2. The Morgan fingerprint density at radius 1 is 0.808 bits per heavy atom. The van der Waals surface area contributed by atoms with E-state index in [1.165, 1.54) is 0 Å². The van der Waals surface area contributed by atoms with Gasteiger partial charge in [0.05, 0.1) is 0 Å². The van der Waals surface area contributed by atoms with E-state index in [4.69, 9.17) is 32.7 Å². The topological polar surface area (TPSA) is 68.3 Å². The number of nitrogens with one attached hydrogen (secondary N) is 2. The molecule has 132 valence electrons. The van der Waals surface area contributed by atoms with Crippen LogP contribution in [-0.2, 0) is 0 Å². The van der Waals surface area contributed by atoms with Crippen LogP contribution in [0.1, 0.15) is 5.82 Å². The Labute approximate surface area is 160 Å². The highest BCUT2D eigenvalue weighted by Gasteiger charge is 2.13. The molecule has 0 radical (unpaired) electrons. The molecule has 0 spiro atoms. The van der Waals surface area contributed by atoms with Crippen LogP contribution in [0.25, 0.3) is 0 Å². The lowest BCUT2D eigenvalue weighted by Crippen LogP contribution is -2.01. The van der Waals surface area contributed by atoms with Gasteiger partial charge in [-0.2, -0.15) is 0 Å². The second-order valence-electron chi connectivity index (χ2n) is 5.66. The normalized spacial score (nSPS) is 12.1. The Hall–Kier alpha value is -2.70. The quantitative estimate of drug-likeness (QED) is 0.631. The first kappa shape index (κ1) is 16.8. The number of anilines is 4. The summed E-state index contributed by atoms with van der Waals surface area (Å²) >= 11 is 12.1. The third-order valence-electron chi connectivity index (χ3n) is 3.62. The molecule has 0 unspecified atom stereocenters. The van der Waals surface area contributed by atoms with Gasteiger partial charge in [-0.3, -0.25) is 0 Å². The first-order valence-electron chi connectivity index (χ1n) is 7.81. The van der Waals surface area contributed by atoms with Crippen molar-refractivity contribution in [1.82, 2.24) is 9.97 Å². The fourth-order valence-electron chi connectivity index (χ4n) is 2.59. The summed E-state index contributed by atoms with van der Waals surface area (Å²) in [5.74, 6) is 3.32. The van der Waals surface area contributed by atoms with Crippen LogP contribution in [0, 0.1) is 6.92 Å². The summed E-state index contributed by atoms with van der Waals surface area (Å²) in [6.07, 6.45) is 0. The molecule has 6 nitrogen and oxygen atoms in total. The number of nitrogens with zero attached hydrogens (tertiary/aromatic N) is 2. The Morgan fingerprint density at radius 2 is 1.46 bits per heavy atom. The van der Waals surface area contributed by atoms with Crippen LogP contribution in [0.5, 0.6) is 11.5 Å². The molecule has 2 N–H and O–H groups in total. The molecule has 4 rings (SSSR count). The average molecular weight is 389 g/mol. The maximum Gasteiger partial charge on any atom is 0.231 e. The zero-order chi connectivity index (χ0) is 18.1. The van der Waals surface area contributed by atoms with E-state index in [0.29, 0.717) is 33.3 Å². The molecule has 1 aliphatic rings. The first-order chi connectivity index (χ1) is 12.5. The van der Waals surface area contributed by atoms with Crippen LogP contribution < -0.4 is 20.1 Å². The smallest absolute Gasteiger partial charge is 0.231 e.